The Morgan fingerprint density at radius 1 is 1.45 bits per heavy atom. The minimum Gasteiger partial charge on any atom is -0.379 e. The molecule has 0 atom stereocenters. The van der Waals surface area contributed by atoms with Crippen molar-refractivity contribution in [1.82, 2.24) is 14.5 Å². The molecule has 0 aromatic carbocycles. The summed E-state index contributed by atoms with van der Waals surface area (Å²) in [4.78, 5) is 13.9. The highest BCUT2D eigenvalue weighted by Crippen LogP contribution is 1.98. The molecule has 1 fully saturated rings. The third kappa shape index (κ3) is 6.47. The number of amides is 1. The van der Waals surface area contributed by atoms with E-state index in [-0.39, 0.29) is 19.0 Å². The Balaban J connectivity index is 2.29. The Morgan fingerprint density at radius 2 is 2.10 bits per heavy atom. The van der Waals surface area contributed by atoms with Crippen molar-refractivity contribution >= 4 is 15.9 Å². The van der Waals surface area contributed by atoms with E-state index < -0.39 is 10.0 Å². The maximum absolute atomic E-state index is 11.7. The smallest absolute Gasteiger partial charge is 0.235 e. The molecule has 1 saturated heterocycles. The molecule has 0 spiro atoms. The van der Waals surface area contributed by atoms with E-state index in [1.807, 2.05) is 0 Å². The summed E-state index contributed by atoms with van der Waals surface area (Å²) in [6, 6.07) is 0. The molecule has 1 amide bonds. The minimum absolute atomic E-state index is 0.135. The summed E-state index contributed by atoms with van der Waals surface area (Å²) < 4.78 is 29.2. The van der Waals surface area contributed by atoms with Gasteiger partial charge in [-0.05, 0) is 0 Å². The molecule has 0 aromatic heterocycles. The molecule has 0 saturated carbocycles. The number of rotatable bonds is 8. The first-order valence-corrected chi connectivity index (χ1v) is 8.41. The highest BCUT2D eigenvalue weighted by atomic mass is 32.2. The summed E-state index contributed by atoms with van der Waals surface area (Å²) in [5.74, 6) is -0.300. The molecular formula is C12H23N3O4S. The van der Waals surface area contributed by atoms with Crippen molar-refractivity contribution in [3.8, 4) is 0 Å². The summed E-state index contributed by atoms with van der Waals surface area (Å²) in [6.07, 6.45) is 2.54. The van der Waals surface area contributed by atoms with E-state index >= 15 is 0 Å². The zero-order valence-corrected chi connectivity index (χ0v) is 12.7. The fourth-order valence-corrected chi connectivity index (χ4v) is 2.58. The molecule has 8 heteroatoms. The van der Waals surface area contributed by atoms with Crippen LogP contribution in [0.2, 0.25) is 0 Å². The van der Waals surface area contributed by atoms with Crippen molar-refractivity contribution in [1.29, 1.82) is 0 Å². The lowest BCUT2D eigenvalue weighted by Crippen LogP contribution is -2.44. The summed E-state index contributed by atoms with van der Waals surface area (Å²) in [5, 5.41) is 2.73. The number of hydrogen-bond acceptors (Lipinski definition) is 5. The molecule has 1 aliphatic rings. The second-order valence-electron chi connectivity index (χ2n) is 4.65. The predicted octanol–water partition coefficient (Wildman–Crippen LogP) is -1.12. The van der Waals surface area contributed by atoms with Gasteiger partial charge in [0.15, 0.2) is 0 Å². The Bertz CT molecular complexity index is 418. The Kier molecular flexibility index (Phi) is 7.14. The van der Waals surface area contributed by atoms with Crippen molar-refractivity contribution in [3.63, 3.8) is 0 Å². The lowest BCUT2D eigenvalue weighted by molar-refractivity contribution is -0.121. The fourth-order valence-electron chi connectivity index (χ4n) is 1.86. The van der Waals surface area contributed by atoms with Crippen LogP contribution in [0, 0.1) is 0 Å². The van der Waals surface area contributed by atoms with Gasteiger partial charge in [-0.25, -0.2) is 8.42 Å². The lowest BCUT2D eigenvalue weighted by atomic mass is 10.4. The number of ether oxygens (including phenoxy) is 1. The fraction of sp³-hybridized carbons (Fsp3) is 0.750. The monoisotopic (exact) mass is 305 g/mol. The summed E-state index contributed by atoms with van der Waals surface area (Å²) >= 11 is 0. The van der Waals surface area contributed by atoms with Crippen molar-refractivity contribution in [3.05, 3.63) is 12.7 Å². The summed E-state index contributed by atoms with van der Waals surface area (Å²) in [7, 11) is -3.39. The molecule has 1 aliphatic heterocycles. The van der Waals surface area contributed by atoms with Crippen molar-refractivity contribution in [2.45, 2.75) is 0 Å². The summed E-state index contributed by atoms with van der Waals surface area (Å²) in [6.45, 7) is 7.86. The van der Waals surface area contributed by atoms with Gasteiger partial charge in [0, 0.05) is 32.7 Å². The second-order valence-corrected chi connectivity index (χ2v) is 6.63. The van der Waals surface area contributed by atoms with Gasteiger partial charge in [-0.3, -0.25) is 9.69 Å². The minimum atomic E-state index is -3.39. The van der Waals surface area contributed by atoms with Gasteiger partial charge in [0.05, 0.1) is 26.0 Å². The molecule has 0 bridgehead atoms. The molecule has 116 valence electrons. The molecule has 0 aromatic rings. The van der Waals surface area contributed by atoms with E-state index in [0.717, 1.165) is 43.4 Å². The molecule has 0 radical (unpaired) electrons. The van der Waals surface area contributed by atoms with E-state index in [2.05, 4.69) is 16.8 Å². The first kappa shape index (κ1) is 17.1. The topological polar surface area (TPSA) is 79.0 Å². The summed E-state index contributed by atoms with van der Waals surface area (Å²) in [5.41, 5.74) is 0. The second kappa shape index (κ2) is 8.35. The lowest BCUT2D eigenvalue weighted by Gasteiger charge is -2.26. The third-order valence-corrected chi connectivity index (χ3v) is 4.19. The predicted molar refractivity (Wildman–Crippen MR) is 76.9 cm³/mol. The van der Waals surface area contributed by atoms with E-state index in [1.54, 1.807) is 0 Å². The van der Waals surface area contributed by atoms with Gasteiger partial charge in [-0.15, -0.1) is 6.58 Å². The highest BCUT2D eigenvalue weighted by Gasteiger charge is 2.18. The van der Waals surface area contributed by atoms with Gasteiger partial charge >= 0.3 is 0 Å². The molecule has 1 rings (SSSR count). The average molecular weight is 305 g/mol. The van der Waals surface area contributed by atoms with Crippen LogP contribution < -0.4 is 5.32 Å². The molecule has 1 heterocycles. The van der Waals surface area contributed by atoms with Gasteiger partial charge < -0.3 is 10.1 Å². The Labute approximate surface area is 120 Å². The average Bonchev–Trinajstić information content (AvgIpc) is 2.38. The van der Waals surface area contributed by atoms with Crippen molar-refractivity contribution in [2.24, 2.45) is 0 Å². The van der Waals surface area contributed by atoms with Gasteiger partial charge in [0.1, 0.15) is 0 Å². The highest BCUT2D eigenvalue weighted by molar-refractivity contribution is 7.88. The number of nitrogens with zero attached hydrogens (tertiary/aromatic N) is 2. The SMILES string of the molecule is C=CCN(CC(=O)NCCN1CCOCC1)S(C)(=O)=O. The molecule has 20 heavy (non-hydrogen) atoms. The van der Waals surface area contributed by atoms with Crippen LogP contribution in [0.25, 0.3) is 0 Å². The first-order chi connectivity index (χ1) is 9.43. The number of carbonyl (C=O) groups excluding carboxylic acids is 1. The van der Waals surface area contributed by atoms with Crippen molar-refractivity contribution < 1.29 is 17.9 Å². The van der Waals surface area contributed by atoms with Crippen LogP contribution >= 0.6 is 0 Å². The van der Waals surface area contributed by atoms with E-state index in [4.69, 9.17) is 4.74 Å². The van der Waals surface area contributed by atoms with Crippen molar-refractivity contribution in [2.75, 3.05) is 58.7 Å². The van der Waals surface area contributed by atoms with Crippen LogP contribution in [-0.4, -0.2) is 82.3 Å². The first-order valence-electron chi connectivity index (χ1n) is 6.56. The van der Waals surface area contributed by atoms with Gasteiger partial charge in [-0.2, -0.15) is 4.31 Å². The van der Waals surface area contributed by atoms with Crippen LogP contribution in [0.3, 0.4) is 0 Å². The largest absolute Gasteiger partial charge is 0.379 e. The van der Waals surface area contributed by atoms with Gasteiger partial charge in [0.2, 0.25) is 15.9 Å². The van der Waals surface area contributed by atoms with Crippen LogP contribution in [0.15, 0.2) is 12.7 Å². The number of carbonyl (C=O) groups is 1. The van der Waals surface area contributed by atoms with Gasteiger partial charge in [0.25, 0.3) is 0 Å². The number of nitrogens with one attached hydrogen (secondary N) is 1. The molecule has 0 unspecified atom stereocenters. The van der Waals surface area contributed by atoms with Crippen LogP contribution in [0.5, 0.6) is 0 Å². The maximum atomic E-state index is 11.7. The van der Waals surface area contributed by atoms with Crippen LogP contribution in [0.1, 0.15) is 0 Å². The van der Waals surface area contributed by atoms with E-state index in [1.165, 1.54) is 6.08 Å². The van der Waals surface area contributed by atoms with E-state index in [0.29, 0.717) is 6.54 Å². The molecule has 7 nitrogen and oxygen atoms in total. The third-order valence-electron chi connectivity index (χ3n) is 2.98. The molecule has 0 aliphatic carbocycles. The Morgan fingerprint density at radius 3 is 2.65 bits per heavy atom. The quantitative estimate of drug-likeness (QED) is 0.575. The zero-order valence-electron chi connectivity index (χ0n) is 11.9. The zero-order chi connectivity index (χ0) is 15.0. The van der Waals surface area contributed by atoms with Crippen LogP contribution in [-0.2, 0) is 19.6 Å². The van der Waals surface area contributed by atoms with Crippen LogP contribution in [0.4, 0.5) is 0 Å². The normalized spacial score (nSPS) is 17.1. The number of sulfonamides is 1. The maximum Gasteiger partial charge on any atom is 0.235 e. The Hall–Kier alpha value is -0.960. The van der Waals surface area contributed by atoms with E-state index in [9.17, 15) is 13.2 Å². The van der Waals surface area contributed by atoms with Gasteiger partial charge in [-0.1, -0.05) is 6.08 Å². The standard InChI is InChI=1S/C12H23N3O4S/c1-3-5-15(20(2,17)18)11-12(16)13-4-6-14-7-9-19-10-8-14/h3H,1,4-11H2,2H3,(H,13,16). The number of hydrogen-bond donors (Lipinski definition) is 1. The molecular weight excluding hydrogens is 282 g/mol. The molecule has 1 N–H and O–H groups in total. The number of morpholine rings is 1.